The maximum atomic E-state index is 12.1. The lowest BCUT2D eigenvalue weighted by atomic mass is 10.3. The fraction of sp³-hybridized carbons (Fsp3) is 0.286. The van der Waals surface area contributed by atoms with Crippen LogP contribution in [0.25, 0.3) is 0 Å². The summed E-state index contributed by atoms with van der Waals surface area (Å²) in [4.78, 5) is 16.7. The third-order valence-corrected chi connectivity index (χ3v) is 1.45. The van der Waals surface area contributed by atoms with E-state index < -0.39 is 23.5 Å². The Kier molecular flexibility index (Phi) is 2.41. The summed E-state index contributed by atoms with van der Waals surface area (Å²) in [6.07, 6.45) is -4.17. The molecule has 0 atom stereocenters. The van der Waals surface area contributed by atoms with Gasteiger partial charge in [-0.25, -0.2) is 9.78 Å². The van der Waals surface area contributed by atoms with Gasteiger partial charge in [-0.3, -0.25) is 4.98 Å². The molecule has 0 aliphatic rings. The molecule has 0 amide bonds. The zero-order valence-corrected chi connectivity index (χ0v) is 6.96. The number of hydrogen-bond donors (Lipinski definition) is 1. The van der Waals surface area contributed by atoms with Gasteiger partial charge in [0.15, 0.2) is 11.4 Å². The molecule has 0 radical (unpaired) electrons. The summed E-state index contributed by atoms with van der Waals surface area (Å²) in [6.45, 7) is 1.27. The van der Waals surface area contributed by atoms with E-state index in [1.807, 2.05) is 0 Å². The Labute approximate surface area is 76.4 Å². The molecule has 0 saturated heterocycles. The predicted octanol–water partition coefficient (Wildman–Crippen LogP) is 1.50. The van der Waals surface area contributed by atoms with Crippen molar-refractivity contribution in [3.05, 3.63) is 23.3 Å². The number of aromatic nitrogens is 2. The van der Waals surface area contributed by atoms with Crippen LogP contribution in [-0.2, 0) is 6.18 Å². The van der Waals surface area contributed by atoms with Crippen molar-refractivity contribution in [1.29, 1.82) is 0 Å². The number of aryl methyl sites for hydroxylation is 1. The lowest BCUT2D eigenvalue weighted by Gasteiger charge is -2.06. The number of hydrogen-bond acceptors (Lipinski definition) is 3. The molecule has 76 valence electrons. The molecule has 4 nitrogen and oxygen atoms in total. The van der Waals surface area contributed by atoms with Crippen molar-refractivity contribution in [2.45, 2.75) is 13.1 Å². The summed E-state index contributed by atoms with van der Waals surface area (Å²) >= 11 is 0. The second kappa shape index (κ2) is 3.24. The van der Waals surface area contributed by atoms with E-state index in [9.17, 15) is 18.0 Å². The van der Waals surface area contributed by atoms with E-state index in [2.05, 4.69) is 9.97 Å². The minimum Gasteiger partial charge on any atom is -0.476 e. The molecule has 1 N–H and O–H groups in total. The van der Waals surface area contributed by atoms with Crippen LogP contribution in [0.15, 0.2) is 6.20 Å². The van der Waals surface area contributed by atoms with Crippen LogP contribution in [0.1, 0.15) is 21.9 Å². The van der Waals surface area contributed by atoms with Gasteiger partial charge in [-0.1, -0.05) is 0 Å². The number of nitrogens with zero attached hydrogens (tertiary/aromatic N) is 2. The number of aromatic carboxylic acids is 1. The highest BCUT2D eigenvalue weighted by Crippen LogP contribution is 2.27. The standard InChI is InChI=1S/C7H5F3N2O2/c1-3-5(6(13)14)12-4(2-11-3)7(8,9)10/h2H,1H3,(H,13,14). The quantitative estimate of drug-likeness (QED) is 0.756. The molecule has 0 aliphatic carbocycles. The Hall–Kier alpha value is -1.66. The Morgan fingerprint density at radius 1 is 1.50 bits per heavy atom. The van der Waals surface area contributed by atoms with Gasteiger partial charge in [0.25, 0.3) is 0 Å². The van der Waals surface area contributed by atoms with Gasteiger partial charge >= 0.3 is 12.1 Å². The largest absolute Gasteiger partial charge is 0.476 e. The SMILES string of the molecule is Cc1ncc(C(F)(F)F)nc1C(=O)O. The monoisotopic (exact) mass is 206 g/mol. The minimum absolute atomic E-state index is 0.0505. The van der Waals surface area contributed by atoms with Crippen LogP contribution in [0.5, 0.6) is 0 Å². The number of halogens is 3. The van der Waals surface area contributed by atoms with Crippen molar-refractivity contribution < 1.29 is 23.1 Å². The Morgan fingerprint density at radius 2 is 2.07 bits per heavy atom. The van der Waals surface area contributed by atoms with E-state index in [0.717, 1.165) is 0 Å². The molecule has 0 saturated carbocycles. The summed E-state index contributed by atoms with van der Waals surface area (Å²) in [5, 5.41) is 8.49. The summed E-state index contributed by atoms with van der Waals surface area (Å²) < 4.78 is 36.2. The molecule has 0 aromatic carbocycles. The summed E-state index contributed by atoms with van der Waals surface area (Å²) in [5.74, 6) is -1.53. The van der Waals surface area contributed by atoms with Gasteiger partial charge in [0.1, 0.15) is 0 Å². The zero-order valence-electron chi connectivity index (χ0n) is 6.96. The van der Waals surface area contributed by atoms with E-state index in [1.54, 1.807) is 0 Å². The van der Waals surface area contributed by atoms with Crippen LogP contribution in [0, 0.1) is 6.92 Å². The third-order valence-electron chi connectivity index (χ3n) is 1.45. The summed E-state index contributed by atoms with van der Waals surface area (Å²) in [5.41, 5.74) is -2.04. The minimum atomic E-state index is -4.68. The molecule has 1 heterocycles. The molecule has 1 rings (SSSR count). The van der Waals surface area contributed by atoms with Crippen LogP contribution in [-0.4, -0.2) is 21.0 Å². The van der Waals surface area contributed by atoms with E-state index >= 15 is 0 Å². The lowest BCUT2D eigenvalue weighted by molar-refractivity contribution is -0.141. The average molecular weight is 206 g/mol. The number of carboxylic acids is 1. The van der Waals surface area contributed by atoms with Gasteiger partial charge < -0.3 is 5.11 Å². The van der Waals surface area contributed by atoms with Gasteiger partial charge in [-0.15, -0.1) is 0 Å². The van der Waals surface area contributed by atoms with Crippen molar-refractivity contribution in [2.75, 3.05) is 0 Å². The second-order valence-corrected chi connectivity index (χ2v) is 2.49. The highest BCUT2D eigenvalue weighted by atomic mass is 19.4. The number of alkyl halides is 3. The molecule has 0 fully saturated rings. The highest BCUT2D eigenvalue weighted by molar-refractivity contribution is 5.86. The molecule has 1 aromatic heterocycles. The number of rotatable bonds is 1. The van der Waals surface area contributed by atoms with Crippen molar-refractivity contribution in [1.82, 2.24) is 9.97 Å². The topological polar surface area (TPSA) is 63.1 Å². The first-order chi connectivity index (χ1) is 6.32. The van der Waals surface area contributed by atoms with Gasteiger partial charge in [0, 0.05) is 0 Å². The molecule has 14 heavy (non-hydrogen) atoms. The Balaban J connectivity index is 3.27. The Bertz CT molecular complexity index is 376. The van der Waals surface area contributed by atoms with Crippen LogP contribution in [0.4, 0.5) is 13.2 Å². The van der Waals surface area contributed by atoms with E-state index in [4.69, 9.17) is 5.11 Å². The van der Waals surface area contributed by atoms with Crippen molar-refractivity contribution in [3.8, 4) is 0 Å². The first kappa shape index (κ1) is 10.4. The summed E-state index contributed by atoms with van der Waals surface area (Å²) in [6, 6.07) is 0. The number of carbonyl (C=O) groups is 1. The normalized spacial score (nSPS) is 11.4. The van der Waals surface area contributed by atoms with Crippen LogP contribution in [0.2, 0.25) is 0 Å². The Morgan fingerprint density at radius 3 is 2.50 bits per heavy atom. The predicted molar refractivity (Wildman–Crippen MR) is 38.7 cm³/mol. The average Bonchev–Trinajstić information content (AvgIpc) is 2.02. The smallest absolute Gasteiger partial charge is 0.434 e. The van der Waals surface area contributed by atoms with Gasteiger partial charge in [-0.05, 0) is 6.92 Å². The molecular weight excluding hydrogens is 201 g/mol. The highest BCUT2D eigenvalue weighted by Gasteiger charge is 2.34. The van der Waals surface area contributed by atoms with Gasteiger partial charge in [0.05, 0.1) is 11.9 Å². The molecular formula is C7H5F3N2O2. The van der Waals surface area contributed by atoms with Gasteiger partial charge in [0.2, 0.25) is 0 Å². The van der Waals surface area contributed by atoms with E-state index in [-0.39, 0.29) is 5.69 Å². The third kappa shape index (κ3) is 1.98. The van der Waals surface area contributed by atoms with Crippen molar-refractivity contribution in [2.24, 2.45) is 0 Å². The van der Waals surface area contributed by atoms with Crippen LogP contribution >= 0.6 is 0 Å². The molecule has 7 heteroatoms. The fourth-order valence-corrected chi connectivity index (χ4v) is 0.788. The van der Waals surface area contributed by atoms with Crippen LogP contribution < -0.4 is 0 Å². The zero-order chi connectivity index (χ0) is 10.9. The first-order valence-electron chi connectivity index (χ1n) is 3.46. The maximum Gasteiger partial charge on any atom is 0.434 e. The molecule has 0 bridgehead atoms. The van der Waals surface area contributed by atoms with Gasteiger partial charge in [-0.2, -0.15) is 13.2 Å². The van der Waals surface area contributed by atoms with Crippen LogP contribution in [0.3, 0.4) is 0 Å². The summed E-state index contributed by atoms with van der Waals surface area (Å²) in [7, 11) is 0. The maximum absolute atomic E-state index is 12.1. The molecule has 0 aliphatic heterocycles. The fourth-order valence-electron chi connectivity index (χ4n) is 0.788. The van der Waals surface area contributed by atoms with Crippen molar-refractivity contribution in [3.63, 3.8) is 0 Å². The second-order valence-electron chi connectivity index (χ2n) is 2.49. The lowest BCUT2D eigenvalue weighted by Crippen LogP contribution is -2.14. The molecule has 0 unspecified atom stereocenters. The van der Waals surface area contributed by atoms with E-state index in [0.29, 0.717) is 6.20 Å². The number of carboxylic acid groups (broad SMARTS) is 1. The van der Waals surface area contributed by atoms with E-state index in [1.165, 1.54) is 6.92 Å². The molecule has 0 spiro atoms. The molecule has 1 aromatic rings. The van der Waals surface area contributed by atoms with Crippen molar-refractivity contribution >= 4 is 5.97 Å². The first-order valence-corrected chi connectivity index (χ1v) is 3.46.